The maximum atomic E-state index is 10.9. The van der Waals surface area contributed by atoms with Crippen LogP contribution >= 0.6 is 0 Å². The molecule has 0 amide bonds. The first-order chi connectivity index (χ1) is 9.04. The van der Waals surface area contributed by atoms with Gasteiger partial charge >= 0.3 is 5.69 Å². The molecule has 104 valence electrons. The van der Waals surface area contributed by atoms with Crippen molar-refractivity contribution in [3.63, 3.8) is 0 Å². The lowest BCUT2D eigenvalue weighted by atomic mass is 10.0. The highest BCUT2D eigenvalue weighted by Gasteiger charge is 2.30. The number of hydrazine groups is 1. The quantitative estimate of drug-likeness (QED) is 0.403. The summed E-state index contributed by atoms with van der Waals surface area (Å²) in [5.74, 6) is 5.44. The fourth-order valence-corrected chi connectivity index (χ4v) is 1.96. The molecule has 9 nitrogen and oxygen atoms in total. The van der Waals surface area contributed by atoms with Gasteiger partial charge in [0.25, 0.3) is 0 Å². The molecule has 1 atom stereocenters. The normalized spacial score (nSPS) is 22.2. The maximum Gasteiger partial charge on any atom is 0.329 e. The summed E-state index contributed by atoms with van der Waals surface area (Å²) in [6.07, 6.45) is 3.00. The molecule has 0 bridgehead atoms. The van der Waals surface area contributed by atoms with E-state index >= 15 is 0 Å². The Morgan fingerprint density at radius 1 is 1.68 bits per heavy atom. The van der Waals surface area contributed by atoms with E-state index in [9.17, 15) is 10.1 Å². The molecule has 1 aliphatic rings. The van der Waals surface area contributed by atoms with Gasteiger partial charge in [-0.3, -0.25) is 15.5 Å². The van der Waals surface area contributed by atoms with E-state index in [4.69, 9.17) is 10.6 Å². The summed E-state index contributed by atoms with van der Waals surface area (Å²) in [7, 11) is 0. The van der Waals surface area contributed by atoms with Gasteiger partial charge in [-0.25, -0.2) is 10.8 Å². The van der Waals surface area contributed by atoms with Gasteiger partial charge in [-0.15, -0.1) is 0 Å². The Bertz CT molecular complexity index is 474. The van der Waals surface area contributed by atoms with Gasteiger partial charge < -0.3 is 10.1 Å². The number of hydrogen-bond donors (Lipinski definition) is 3. The van der Waals surface area contributed by atoms with Crippen LogP contribution in [0, 0.1) is 10.1 Å². The highest BCUT2D eigenvalue weighted by molar-refractivity contribution is 5.56. The predicted octanol–water partition coefficient (Wildman–Crippen LogP) is 0.651. The highest BCUT2D eigenvalue weighted by atomic mass is 16.6. The lowest BCUT2D eigenvalue weighted by molar-refractivity contribution is -0.384. The number of rotatable bonds is 5. The van der Waals surface area contributed by atoms with E-state index in [1.807, 2.05) is 6.92 Å². The molecule has 19 heavy (non-hydrogen) atoms. The number of nitro groups is 1. The molecular weight excluding hydrogens is 252 g/mol. The van der Waals surface area contributed by atoms with Crippen molar-refractivity contribution in [1.82, 2.24) is 9.97 Å². The maximum absolute atomic E-state index is 10.9. The summed E-state index contributed by atoms with van der Waals surface area (Å²) in [6, 6.07) is 0. The molecule has 0 aromatic carbocycles. The summed E-state index contributed by atoms with van der Waals surface area (Å²) in [5.41, 5.74) is 1.74. The van der Waals surface area contributed by atoms with Crippen LogP contribution in [0.3, 0.4) is 0 Å². The van der Waals surface area contributed by atoms with E-state index in [-0.39, 0.29) is 23.1 Å². The molecule has 0 spiro atoms. The smallest absolute Gasteiger partial charge is 0.329 e. The van der Waals surface area contributed by atoms with E-state index in [0.717, 1.165) is 19.0 Å². The molecule has 1 unspecified atom stereocenters. The third-order valence-corrected chi connectivity index (χ3v) is 3.03. The number of nitrogens with two attached hydrogens (primary N) is 1. The Morgan fingerprint density at radius 2 is 2.47 bits per heavy atom. The molecule has 2 heterocycles. The van der Waals surface area contributed by atoms with E-state index in [2.05, 4.69) is 20.7 Å². The Morgan fingerprint density at radius 3 is 3.05 bits per heavy atom. The van der Waals surface area contributed by atoms with E-state index in [0.29, 0.717) is 13.2 Å². The van der Waals surface area contributed by atoms with Crippen LogP contribution in [0.4, 0.5) is 17.5 Å². The van der Waals surface area contributed by atoms with E-state index in [1.165, 1.54) is 0 Å². The minimum atomic E-state index is -0.541. The SMILES string of the molecule is CC1(CNc2nc(NN)ncc2[N+](=O)[O-])CCCO1. The van der Waals surface area contributed by atoms with Gasteiger partial charge in [0.05, 0.1) is 10.5 Å². The summed E-state index contributed by atoms with van der Waals surface area (Å²) >= 11 is 0. The average molecular weight is 268 g/mol. The largest absolute Gasteiger partial charge is 0.373 e. The lowest BCUT2D eigenvalue weighted by Crippen LogP contribution is -2.33. The van der Waals surface area contributed by atoms with Gasteiger partial charge in [0, 0.05) is 13.2 Å². The molecule has 0 aliphatic carbocycles. The number of nitrogens with one attached hydrogen (secondary N) is 2. The van der Waals surface area contributed by atoms with Crippen LogP contribution in [-0.4, -0.2) is 33.6 Å². The first-order valence-corrected chi connectivity index (χ1v) is 5.90. The van der Waals surface area contributed by atoms with Crippen molar-refractivity contribution in [2.75, 3.05) is 23.9 Å². The van der Waals surface area contributed by atoms with Crippen molar-refractivity contribution in [2.24, 2.45) is 5.84 Å². The standard InChI is InChI=1S/C10H16N6O3/c1-10(3-2-4-19-10)6-13-8-7(16(17)18)5-12-9(14-8)15-11/h5H,2-4,6,11H2,1H3,(H2,12,13,14,15). The fraction of sp³-hybridized carbons (Fsp3) is 0.600. The van der Waals surface area contributed by atoms with Crippen LogP contribution in [0.5, 0.6) is 0 Å². The van der Waals surface area contributed by atoms with E-state index in [1.54, 1.807) is 0 Å². The first-order valence-electron chi connectivity index (χ1n) is 5.90. The minimum absolute atomic E-state index is 0.116. The molecule has 0 saturated carbocycles. The van der Waals surface area contributed by atoms with Crippen molar-refractivity contribution in [1.29, 1.82) is 0 Å². The Labute approximate surface area is 109 Å². The average Bonchev–Trinajstić information content (AvgIpc) is 2.83. The summed E-state index contributed by atoms with van der Waals surface area (Å²) in [4.78, 5) is 18.0. The molecule has 0 radical (unpaired) electrons. The van der Waals surface area contributed by atoms with Gasteiger partial charge in [0.2, 0.25) is 11.8 Å². The summed E-state index contributed by atoms with van der Waals surface area (Å²) in [5, 5.41) is 13.8. The molecule has 1 aromatic heterocycles. The number of ether oxygens (including phenoxy) is 1. The van der Waals surface area contributed by atoms with Gasteiger partial charge in [-0.05, 0) is 19.8 Å². The summed E-state index contributed by atoms with van der Waals surface area (Å²) < 4.78 is 5.60. The Kier molecular flexibility index (Phi) is 3.76. The van der Waals surface area contributed by atoms with Crippen molar-refractivity contribution in [2.45, 2.75) is 25.4 Å². The third kappa shape index (κ3) is 3.06. The van der Waals surface area contributed by atoms with Crippen LogP contribution in [0.15, 0.2) is 6.20 Å². The zero-order chi connectivity index (χ0) is 13.9. The fourth-order valence-electron chi connectivity index (χ4n) is 1.96. The first kappa shape index (κ1) is 13.4. The number of nitrogens with zero attached hydrogens (tertiary/aromatic N) is 3. The van der Waals surface area contributed by atoms with Crippen molar-refractivity contribution < 1.29 is 9.66 Å². The van der Waals surface area contributed by atoms with Gasteiger partial charge in [0.1, 0.15) is 6.20 Å². The number of nitrogen functional groups attached to an aromatic ring is 1. The Balaban J connectivity index is 2.15. The minimum Gasteiger partial charge on any atom is -0.373 e. The van der Waals surface area contributed by atoms with Crippen LogP contribution in [-0.2, 0) is 4.74 Å². The predicted molar refractivity (Wildman–Crippen MR) is 68.6 cm³/mol. The molecule has 2 rings (SSSR count). The molecular formula is C10H16N6O3. The zero-order valence-corrected chi connectivity index (χ0v) is 10.5. The third-order valence-electron chi connectivity index (χ3n) is 3.03. The van der Waals surface area contributed by atoms with Crippen molar-refractivity contribution in [3.8, 4) is 0 Å². The second kappa shape index (κ2) is 5.33. The topological polar surface area (TPSA) is 128 Å². The van der Waals surface area contributed by atoms with Crippen LogP contribution < -0.4 is 16.6 Å². The highest BCUT2D eigenvalue weighted by Crippen LogP contribution is 2.27. The molecule has 1 aliphatic heterocycles. The zero-order valence-electron chi connectivity index (χ0n) is 10.5. The number of hydrogen-bond acceptors (Lipinski definition) is 8. The second-order valence-corrected chi connectivity index (χ2v) is 4.58. The van der Waals surface area contributed by atoms with Crippen LogP contribution in [0.25, 0.3) is 0 Å². The number of anilines is 2. The Hall–Kier alpha value is -2.00. The molecule has 9 heteroatoms. The molecule has 1 saturated heterocycles. The molecule has 1 fully saturated rings. The van der Waals surface area contributed by atoms with Crippen LogP contribution in [0.1, 0.15) is 19.8 Å². The van der Waals surface area contributed by atoms with Crippen molar-refractivity contribution >= 4 is 17.5 Å². The second-order valence-electron chi connectivity index (χ2n) is 4.58. The van der Waals surface area contributed by atoms with Crippen LogP contribution in [0.2, 0.25) is 0 Å². The van der Waals surface area contributed by atoms with E-state index < -0.39 is 4.92 Å². The molecule has 4 N–H and O–H groups in total. The molecule has 1 aromatic rings. The van der Waals surface area contributed by atoms with Crippen molar-refractivity contribution in [3.05, 3.63) is 16.3 Å². The number of aromatic nitrogens is 2. The summed E-state index contributed by atoms with van der Waals surface area (Å²) in [6.45, 7) is 3.11. The van der Waals surface area contributed by atoms with Gasteiger partial charge in [-0.1, -0.05) is 0 Å². The van der Waals surface area contributed by atoms with Gasteiger partial charge in [-0.2, -0.15) is 4.98 Å². The lowest BCUT2D eigenvalue weighted by Gasteiger charge is -2.23. The monoisotopic (exact) mass is 268 g/mol. The van der Waals surface area contributed by atoms with Gasteiger partial charge in [0.15, 0.2) is 0 Å².